The maximum Gasteiger partial charge on any atom is 0.256 e. The van der Waals surface area contributed by atoms with Crippen molar-refractivity contribution in [1.82, 2.24) is 9.78 Å². The molecule has 0 spiro atoms. The van der Waals surface area contributed by atoms with Crippen LogP contribution in [-0.4, -0.2) is 15.7 Å². The van der Waals surface area contributed by atoms with Gasteiger partial charge in [-0.2, -0.15) is 5.10 Å². The van der Waals surface area contributed by atoms with Crippen molar-refractivity contribution in [3.8, 4) is 5.75 Å². The molecule has 0 aliphatic heterocycles. The summed E-state index contributed by atoms with van der Waals surface area (Å²) in [7, 11) is 0. The molecule has 1 aromatic heterocycles. The van der Waals surface area contributed by atoms with E-state index in [9.17, 15) is 4.79 Å². The summed E-state index contributed by atoms with van der Waals surface area (Å²) >= 11 is 18.4. The number of hydrogen-bond acceptors (Lipinski definition) is 3. The minimum Gasteiger partial charge on any atom is -0.489 e. The molecule has 1 N–H and O–H groups in total. The molecular formula is C28H26Cl3N3O2. The van der Waals surface area contributed by atoms with Gasteiger partial charge in [-0.25, -0.2) is 0 Å². The number of aromatic nitrogens is 2. The molecule has 0 atom stereocenters. The Morgan fingerprint density at radius 3 is 2.36 bits per heavy atom. The monoisotopic (exact) mass is 541 g/mol. The van der Waals surface area contributed by atoms with Crippen molar-refractivity contribution in [2.24, 2.45) is 0 Å². The average molecular weight is 543 g/mol. The highest BCUT2D eigenvalue weighted by molar-refractivity contribution is 6.42. The lowest BCUT2D eigenvalue weighted by Gasteiger charge is -2.19. The molecule has 0 bridgehead atoms. The number of carbonyl (C=O) groups excluding carboxylic acids is 1. The van der Waals surface area contributed by atoms with Gasteiger partial charge in [0.05, 0.1) is 16.6 Å². The van der Waals surface area contributed by atoms with E-state index in [1.165, 1.54) is 5.56 Å². The number of carbonyl (C=O) groups is 1. The van der Waals surface area contributed by atoms with Gasteiger partial charge >= 0.3 is 0 Å². The smallest absolute Gasteiger partial charge is 0.256 e. The normalized spacial score (nSPS) is 11.4. The van der Waals surface area contributed by atoms with Crippen molar-refractivity contribution in [1.29, 1.82) is 0 Å². The van der Waals surface area contributed by atoms with E-state index in [4.69, 9.17) is 39.5 Å². The lowest BCUT2D eigenvalue weighted by Crippen LogP contribution is -2.13. The summed E-state index contributed by atoms with van der Waals surface area (Å²) in [5.41, 5.74) is 3.59. The molecule has 0 saturated carbocycles. The summed E-state index contributed by atoms with van der Waals surface area (Å²) in [6.45, 7) is 7.29. The predicted octanol–water partition coefficient (Wildman–Crippen LogP) is 8.02. The SMILES string of the molecule is CC(C)(C)c1ccc(OCc2cccc(C(=O)Nc3nn(Cc4ccc(Cl)c(Cl)c4)cc3Cl)c2)cc1. The predicted molar refractivity (Wildman–Crippen MR) is 147 cm³/mol. The Labute approximate surface area is 225 Å². The van der Waals surface area contributed by atoms with E-state index in [1.807, 2.05) is 30.3 Å². The molecule has 1 heterocycles. The number of ether oxygens (including phenoxy) is 1. The quantitative estimate of drug-likeness (QED) is 0.257. The molecule has 186 valence electrons. The molecule has 8 heteroatoms. The van der Waals surface area contributed by atoms with Gasteiger partial charge in [-0.3, -0.25) is 9.48 Å². The largest absolute Gasteiger partial charge is 0.489 e. The van der Waals surface area contributed by atoms with Gasteiger partial charge in [0.25, 0.3) is 5.91 Å². The van der Waals surface area contributed by atoms with Crippen LogP contribution in [0.4, 0.5) is 5.82 Å². The fraction of sp³-hybridized carbons (Fsp3) is 0.214. The first-order valence-corrected chi connectivity index (χ1v) is 12.5. The van der Waals surface area contributed by atoms with Crippen molar-refractivity contribution in [2.75, 3.05) is 5.32 Å². The summed E-state index contributed by atoms with van der Waals surface area (Å²) < 4.78 is 7.55. The highest BCUT2D eigenvalue weighted by Gasteiger charge is 2.15. The molecule has 4 aromatic rings. The van der Waals surface area contributed by atoms with Crippen molar-refractivity contribution in [3.63, 3.8) is 0 Å². The first kappa shape index (κ1) is 26.1. The van der Waals surface area contributed by atoms with Crippen LogP contribution in [0.1, 0.15) is 47.8 Å². The third kappa shape index (κ3) is 6.61. The first-order valence-electron chi connectivity index (χ1n) is 11.4. The van der Waals surface area contributed by atoms with Crippen LogP contribution in [0, 0.1) is 0 Å². The highest BCUT2D eigenvalue weighted by atomic mass is 35.5. The number of amides is 1. The van der Waals surface area contributed by atoms with Gasteiger partial charge in [0, 0.05) is 11.8 Å². The maximum absolute atomic E-state index is 12.9. The fourth-order valence-corrected chi connectivity index (χ4v) is 4.11. The van der Waals surface area contributed by atoms with Crippen molar-refractivity contribution in [2.45, 2.75) is 39.3 Å². The van der Waals surface area contributed by atoms with E-state index in [1.54, 1.807) is 35.1 Å². The molecule has 4 rings (SSSR count). The molecule has 3 aromatic carbocycles. The minimum atomic E-state index is -0.312. The van der Waals surface area contributed by atoms with E-state index >= 15 is 0 Å². The summed E-state index contributed by atoms with van der Waals surface area (Å²) in [5, 5.41) is 8.46. The van der Waals surface area contributed by atoms with Crippen LogP contribution in [0.5, 0.6) is 5.75 Å². The minimum absolute atomic E-state index is 0.0858. The van der Waals surface area contributed by atoms with Gasteiger partial charge < -0.3 is 10.1 Å². The van der Waals surface area contributed by atoms with Gasteiger partial charge in [0.2, 0.25) is 0 Å². The molecule has 0 aliphatic rings. The van der Waals surface area contributed by atoms with E-state index in [0.717, 1.165) is 16.9 Å². The summed E-state index contributed by atoms with van der Waals surface area (Å²) in [6.07, 6.45) is 1.65. The maximum atomic E-state index is 12.9. The molecule has 0 fully saturated rings. The number of nitrogens with zero attached hydrogens (tertiary/aromatic N) is 2. The van der Waals surface area contributed by atoms with Crippen LogP contribution in [0.3, 0.4) is 0 Å². The van der Waals surface area contributed by atoms with Crippen LogP contribution in [0.2, 0.25) is 15.1 Å². The van der Waals surface area contributed by atoms with Gasteiger partial charge in [0.1, 0.15) is 17.4 Å². The first-order chi connectivity index (χ1) is 17.1. The lowest BCUT2D eigenvalue weighted by molar-refractivity contribution is 0.102. The fourth-order valence-electron chi connectivity index (χ4n) is 3.59. The number of halogens is 3. The Balaban J connectivity index is 1.39. The third-order valence-electron chi connectivity index (χ3n) is 5.59. The second-order valence-electron chi connectivity index (χ2n) is 9.49. The van der Waals surface area contributed by atoms with E-state index in [-0.39, 0.29) is 17.1 Å². The van der Waals surface area contributed by atoms with Gasteiger partial charge in [-0.1, -0.05) is 85.9 Å². The molecular weight excluding hydrogens is 517 g/mol. The number of hydrogen-bond donors (Lipinski definition) is 1. The third-order valence-corrected chi connectivity index (χ3v) is 6.61. The van der Waals surface area contributed by atoms with Gasteiger partial charge in [-0.15, -0.1) is 0 Å². The van der Waals surface area contributed by atoms with Crippen molar-refractivity contribution >= 4 is 46.5 Å². The van der Waals surface area contributed by atoms with Crippen molar-refractivity contribution in [3.05, 3.63) is 110 Å². The summed E-state index contributed by atoms with van der Waals surface area (Å²) in [4.78, 5) is 12.9. The van der Waals surface area contributed by atoms with E-state index < -0.39 is 0 Å². The van der Waals surface area contributed by atoms with E-state index in [2.05, 4.69) is 43.3 Å². The second kappa shape index (κ2) is 11.0. The Bertz CT molecular complexity index is 1380. The molecule has 0 saturated heterocycles. The Kier molecular flexibility index (Phi) is 7.94. The van der Waals surface area contributed by atoms with Gasteiger partial charge in [0.15, 0.2) is 5.82 Å². The number of rotatable bonds is 7. The Morgan fingerprint density at radius 1 is 0.917 bits per heavy atom. The van der Waals surface area contributed by atoms with Crippen LogP contribution in [0.15, 0.2) is 72.9 Å². The van der Waals surface area contributed by atoms with Crippen LogP contribution < -0.4 is 10.1 Å². The lowest BCUT2D eigenvalue weighted by atomic mass is 9.87. The molecule has 0 unspecified atom stereocenters. The summed E-state index contributed by atoms with van der Waals surface area (Å²) in [5.74, 6) is 0.743. The number of nitrogens with one attached hydrogen (secondary N) is 1. The number of benzene rings is 3. The summed E-state index contributed by atoms with van der Waals surface area (Å²) in [6, 6.07) is 20.7. The molecule has 36 heavy (non-hydrogen) atoms. The van der Waals surface area contributed by atoms with Crippen LogP contribution in [-0.2, 0) is 18.6 Å². The van der Waals surface area contributed by atoms with Crippen LogP contribution >= 0.6 is 34.8 Å². The molecule has 0 radical (unpaired) electrons. The standard InChI is InChI=1S/C28H26Cl3N3O2/c1-28(2,3)21-8-10-22(11-9-21)36-17-19-5-4-6-20(13-19)27(35)32-26-25(31)16-34(33-26)15-18-7-12-23(29)24(30)14-18/h4-14,16H,15,17H2,1-3H3,(H,32,33,35). The molecule has 0 aliphatic carbocycles. The van der Waals surface area contributed by atoms with Crippen LogP contribution in [0.25, 0.3) is 0 Å². The topological polar surface area (TPSA) is 56.1 Å². The second-order valence-corrected chi connectivity index (χ2v) is 10.7. The molecule has 1 amide bonds. The zero-order valence-electron chi connectivity index (χ0n) is 20.2. The number of anilines is 1. The Morgan fingerprint density at radius 2 is 1.67 bits per heavy atom. The highest BCUT2D eigenvalue weighted by Crippen LogP contribution is 2.26. The zero-order chi connectivity index (χ0) is 25.9. The Hall–Kier alpha value is -2.99. The molecule has 5 nitrogen and oxygen atoms in total. The zero-order valence-corrected chi connectivity index (χ0v) is 22.5. The average Bonchev–Trinajstić information content (AvgIpc) is 3.18. The van der Waals surface area contributed by atoms with Gasteiger partial charge in [-0.05, 0) is 58.5 Å². The van der Waals surface area contributed by atoms with Crippen molar-refractivity contribution < 1.29 is 9.53 Å². The van der Waals surface area contributed by atoms with E-state index in [0.29, 0.717) is 33.8 Å².